The first-order valence-corrected chi connectivity index (χ1v) is 10.7. The molecular formula is C19H28N2O4S. The Morgan fingerprint density at radius 3 is 2.42 bits per heavy atom. The molecule has 0 saturated carbocycles. The van der Waals surface area contributed by atoms with E-state index in [1.165, 1.54) is 4.31 Å². The lowest BCUT2D eigenvalue weighted by Crippen LogP contribution is -2.61. The van der Waals surface area contributed by atoms with Crippen LogP contribution in [0.3, 0.4) is 0 Å². The molecule has 0 spiro atoms. The molecule has 0 aromatic heterocycles. The van der Waals surface area contributed by atoms with Gasteiger partial charge in [-0.1, -0.05) is 26.0 Å². The minimum absolute atomic E-state index is 0.145. The Labute approximate surface area is 156 Å². The Bertz CT molecular complexity index is 749. The van der Waals surface area contributed by atoms with E-state index in [0.717, 1.165) is 12.0 Å². The van der Waals surface area contributed by atoms with Crippen LogP contribution in [-0.2, 0) is 19.6 Å². The number of fused-ring (bicyclic) bond motifs is 2. The molecule has 0 N–H and O–H groups in total. The highest BCUT2D eigenvalue weighted by atomic mass is 32.2. The fraction of sp³-hybridized carbons (Fsp3) is 0.632. The van der Waals surface area contributed by atoms with E-state index < -0.39 is 10.0 Å². The smallest absolute Gasteiger partial charge is 0.243 e. The van der Waals surface area contributed by atoms with Gasteiger partial charge in [-0.05, 0) is 37.0 Å². The molecule has 0 aliphatic carbocycles. The number of benzene rings is 1. The second-order valence-electron chi connectivity index (χ2n) is 7.75. The first kappa shape index (κ1) is 19.3. The monoisotopic (exact) mass is 380 g/mol. The van der Waals surface area contributed by atoms with Crippen LogP contribution >= 0.6 is 0 Å². The molecule has 2 atom stereocenters. The molecule has 2 aliphatic heterocycles. The second kappa shape index (κ2) is 7.66. The van der Waals surface area contributed by atoms with Gasteiger partial charge >= 0.3 is 0 Å². The van der Waals surface area contributed by atoms with Crippen LogP contribution in [0.1, 0.15) is 32.3 Å². The maximum atomic E-state index is 13.0. The second-order valence-corrected chi connectivity index (χ2v) is 9.69. The molecular weight excluding hydrogens is 352 g/mol. The van der Waals surface area contributed by atoms with E-state index in [4.69, 9.17) is 4.74 Å². The highest BCUT2D eigenvalue weighted by Crippen LogP contribution is 2.26. The molecule has 3 rings (SSSR count). The van der Waals surface area contributed by atoms with Crippen molar-refractivity contribution in [2.75, 3.05) is 26.2 Å². The summed E-state index contributed by atoms with van der Waals surface area (Å²) in [4.78, 5) is 14.6. The summed E-state index contributed by atoms with van der Waals surface area (Å²) in [5.74, 6) is 0.640. The van der Waals surface area contributed by atoms with Crippen molar-refractivity contribution in [2.45, 2.75) is 50.7 Å². The molecule has 2 fully saturated rings. The number of morpholine rings is 2. The Balaban J connectivity index is 1.68. The largest absolute Gasteiger partial charge is 0.369 e. The fourth-order valence-electron chi connectivity index (χ4n) is 3.55. The third-order valence-corrected chi connectivity index (χ3v) is 6.79. The van der Waals surface area contributed by atoms with E-state index in [1.54, 1.807) is 18.2 Å². The van der Waals surface area contributed by atoms with Crippen LogP contribution in [0.5, 0.6) is 0 Å². The predicted octanol–water partition coefficient (Wildman–Crippen LogP) is 2.03. The first-order chi connectivity index (χ1) is 12.3. The Morgan fingerprint density at radius 2 is 1.85 bits per heavy atom. The summed E-state index contributed by atoms with van der Waals surface area (Å²) < 4.78 is 33.3. The zero-order valence-corrected chi connectivity index (χ0v) is 16.5. The van der Waals surface area contributed by atoms with E-state index in [2.05, 4.69) is 13.8 Å². The predicted molar refractivity (Wildman–Crippen MR) is 99.3 cm³/mol. The average molecular weight is 381 g/mol. The fourth-order valence-corrected chi connectivity index (χ4v) is 5.16. The Kier molecular flexibility index (Phi) is 5.69. The zero-order valence-electron chi connectivity index (χ0n) is 15.7. The van der Waals surface area contributed by atoms with Crippen molar-refractivity contribution in [2.24, 2.45) is 5.92 Å². The number of aryl methyl sites for hydroxylation is 1. The highest BCUT2D eigenvalue weighted by molar-refractivity contribution is 7.89. The molecule has 1 aromatic carbocycles. The van der Waals surface area contributed by atoms with Gasteiger partial charge in [-0.25, -0.2) is 8.42 Å². The molecule has 26 heavy (non-hydrogen) atoms. The summed E-state index contributed by atoms with van der Waals surface area (Å²) in [6.45, 7) is 7.61. The molecule has 2 aliphatic rings. The average Bonchev–Trinajstić information content (AvgIpc) is 2.58. The number of sulfonamides is 1. The molecule has 2 heterocycles. The van der Waals surface area contributed by atoms with Gasteiger partial charge in [-0.15, -0.1) is 0 Å². The number of carbonyl (C=O) groups excluding carboxylic acids is 1. The number of hydrogen-bond donors (Lipinski definition) is 0. The number of amides is 1. The van der Waals surface area contributed by atoms with Crippen LogP contribution in [-0.4, -0.2) is 61.9 Å². The quantitative estimate of drug-likeness (QED) is 0.784. The number of nitrogens with zero attached hydrogens (tertiary/aromatic N) is 2. The maximum Gasteiger partial charge on any atom is 0.243 e. The number of hydrogen-bond acceptors (Lipinski definition) is 4. The van der Waals surface area contributed by atoms with Crippen LogP contribution in [0, 0.1) is 12.8 Å². The Morgan fingerprint density at radius 1 is 1.19 bits per heavy atom. The van der Waals surface area contributed by atoms with Crippen molar-refractivity contribution in [3.05, 3.63) is 29.8 Å². The maximum absolute atomic E-state index is 13.0. The van der Waals surface area contributed by atoms with Crippen molar-refractivity contribution in [3.8, 4) is 0 Å². The summed E-state index contributed by atoms with van der Waals surface area (Å²) in [5.41, 5.74) is 0.918. The van der Waals surface area contributed by atoms with Gasteiger partial charge in [0.1, 0.15) is 0 Å². The van der Waals surface area contributed by atoms with Crippen molar-refractivity contribution in [3.63, 3.8) is 0 Å². The lowest BCUT2D eigenvalue weighted by molar-refractivity contribution is -0.154. The van der Waals surface area contributed by atoms with Gasteiger partial charge in [0.25, 0.3) is 0 Å². The SMILES string of the molecule is Cc1cccc(S(=O)(=O)N2CC3CN(C(=O)CCC(C)C)CC(C2)O3)c1. The number of ether oxygens (including phenoxy) is 1. The normalized spacial score (nSPS) is 24.1. The van der Waals surface area contributed by atoms with Gasteiger partial charge in [-0.2, -0.15) is 4.31 Å². The lowest BCUT2D eigenvalue weighted by atomic mass is 10.1. The van der Waals surface area contributed by atoms with Crippen LogP contribution in [0.4, 0.5) is 0 Å². The van der Waals surface area contributed by atoms with Crippen molar-refractivity contribution in [1.82, 2.24) is 9.21 Å². The van der Waals surface area contributed by atoms with E-state index in [0.29, 0.717) is 43.4 Å². The van der Waals surface area contributed by atoms with E-state index in [9.17, 15) is 13.2 Å². The molecule has 2 bridgehead atoms. The molecule has 2 unspecified atom stereocenters. The molecule has 7 heteroatoms. The van der Waals surface area contributed by atoms with Gasteiger partial charge in [0.15, 0.2) is 0 Å². The zero-order chi connectivity index (χ0) is 18.9. The molecule has 6 nitrogen and oxygen atoms in total. The first-order valence-electron chi connectivity index (χ1n) is 9.25. The van der Waals surface area contributed by atoms with Crippen molar-refractivity contribution >= 4 is 15.9 Å². The van der Waals surface area contributed by atoms with E-state index in [1.807, 2.05) is 17.9 Å². The minimum Gasteiger partial charge on any atom is -0.369 e. The van der Waals surface area contributed by atoms with E-state index in [-0.39, 0.29) is 18.1 Å². The number of carbonyl (C=O) groups is 1. The van der Waals surface area contributed by atoms with Crippen LogP contribution in [0.2, 0.25) is 0 Å². The molecule has 144 valence electrons. The van der Waals surface area contributed by atoms with Gasteiger partial charge in [-0.3, -0.25) is 4.79 Å². The summed E-state index contributed by atoms with van der Waals surface area (Å²) in [7, 11) is -3.54. The summed E-state index contributed by atoms with van der Waals surface area (Å²) in [6.07, 6.45) is 0.900. The molecule has 1 aromatic rings. The molecule has 1 amide bonds. The molecule has 2 saturated heterocycles. The summed E-state index contributed by atoms with van der Waals surface area (Å²) >= 11 is 0. The van der Waals surface area contributed by atoms with Gasteiger partial charge in [0.2, 0.25) is 15.9 Å². The Hall–Kier alpha value is -1.44. The standard InChI is InChI=1S/C19H28N2O4S/c1-14(2)7-8-19(22)20-10-16-12-21(13-17(11-20)25-16)26(23,24)18-6-4-5-15(3)9-18/h4-6,9,14,16-17H,7-8,10-13H2,1-3H3. The minimum atomic E-state index is -3.54. The van der Waals surface area contributed by atoms with Crippen LogP contribution in [0.15, 0.2) is 29.2 Å². The molecule has 0 radical (unpaired) electrons. The topological polar surface area (TPSA) is 66.9 Å². The summed E-state index contributed by atoms with van der Waals surface area (Å²) in [6, 6.07) is 6.98. The third kappa shape index (κ3) is 4.27. The lowest BCUT2D eigenvalue weighted by Gasteiger charge is -2.45. The van der Waals surface area contributed by atoms with E-state index >= 15 is 0 Å². The van der Waals surface area contributed by atoms with Crippen molar-refractivity contribution in [1.29, 1.82) is 0 Å². The number of rotatable bonds is 5. The third-order valence-electron chi connectivity index (χ3n) is 4.96. The summed E-state index contributed by atoms with van der Waals surface area (Å²) in [5, 5.41) is 0. The highest BCUT2D eigenvalue weighted by Gasteiger charge is 2.40. The van der Waals surface area contributed by atoms with Gasteiger partial charge in [0.05, 0.1) is 17.1 Å². The van der Waals surface area contributed by atoms with Crippen LogP contribution in [0.25, 0.3) is 0 Å². The van der Waals surface area contributed by atoms with Gasteiger partial charge in [0, 0.05) is 32.6 Å². The van der Waals surface area contributed by atoms with Crippen molar-refractivity contribution < 1.29 is 17.9 Å². The van der Waals surface area contributed by atoms with Gasteiger partial charge < -0.3 is 9.64 Å². The van der Waals surface area contributed by atoms with Crippen LogP contribution < -0.4 is 0 Å².